The van der Waals surface area contributed by atoms with Crippen LogP contribution in [0.2, 0.25) is 0 Å². The number of hydrogen-bond donors (Lipinski definition) is 2. The van der Waals surface area contributed by atoms with Crippen LogP contribution in [0.5, 0.6) is 11.5 Å². The van der Waals surface area contributed by atoms with E-state index in [2.05, 4.69) is 13.8 Å². The van der Waals surface area contributed by atoms with Crippen molar-refractivity contribution in [1.82, 2.24) is 0 Å². The van der Waals surface area contributed by atoms with Crippen LogP contribution in [0.15, 0.2) is 18.2 Å². The standard InChI is InChI=1S/C18H29NO4/c1-5-13(10-15(19)18(20)21)12(4)14-8-9-16(22-6-2)17(11-14)23-7-3/h8-9,11-13,15H,5-7,10,19H2,1-4H3,(H,20,21). The number of hydrogen-bond acceptors (Lipinski definition) is 4. The predicted octanol–water partition coefficient (Wildman–Crippen LogP) is 3.42. The first kappa shape index (κ1) is 19.3. The quantitative estimate of drug-likeness (QED) is 0.689. The average molecular weight is 323 g/mol. The zero-order valence-corrected chi connectivity index (χ0v) is 14.5. The van der Waals surface area contributed by atoms with Gasteiger partial charge in [-0.05, 0) is 49.8 Å². The van der Waals surface area contributed by atoms with E-state index in [0.29, 0.717) is 19.6 Å². The summed E-state index contributed by atoms with van der Waals surface area (Å²) in [7, 11) is 0. The molecule has 130 valence electrons. The van der Waals surface area contributed by atoms with Crippen LogP contribution in [-0.2, 0) is 4.79 Å². The fourth-order valence-electron chi connectivity index (χ4n) is 2.77. The van der Waals surface area contributed by atoms with Gasteiger partial charge in [0.2, 0.25) is 0 Å². The number of benzene rings is 1. The van der Waals surface area contributed by atoms with Crippen LogP contribution in [0.25, 0.3) is 0 Å². The van der Waals surface area contributed by atoms with Gasteiger partial charge in [0, 0.05) is 0 Å². The molecule has 1 rings (SSSR count). The minimum Gasteiger partial charge on any atom is -0.490 e. The van der Waals surface area contributed by atoms with Gasteiger partial charge in [-0.2, -0.15) is 0 Å². The summed E-state index contributed by atoms with van der Waals surface area (Å²) in [6.07, 6.45) is 1.34. The van der Waals surface area contributed by atoms with E-state index < -0.39 is 12.0 Å². The van der Waals surface area contributed by atoms with Crippen molar-refractivity contribution in [2.45, 2.75) is 52.5 Å². The number of carboxylic acid groups (broad SMARTS) is 1. The Labute approximate surface area is 138 Å². The molecule has 5 nitrogen and oxygen atoms in total. The van der Waals surface area contributed by atoms with Gasteiger partial charge in [-0.25, -0.2) is 0 Å². The van der Waals surface area contributed by atoms with E-state index in [-0.39, 0.29) is 11.8 Å². The topological polar surface area (TPSA) is 81.8 Å². The summed E-state index contributed by atoms with van der Waals surface area (Å²) >= 11 is 0. The lowest BCUT2D eigenvalue weighted by atomic mass is 9.81. The number of aliphatic carboxylic acids is 1. The number of ether oxygens (including phenoxy) is 2. The monoisotopic (exact) mass is 323 g/mol. The lowest BCUT2D eigenvalue weighted by Gasteiger charge is -2.25. The Balaban J connectivity index is 2.98. The highest BCUT2D eigenvalue weighted by molar-refractivity contribution is 5.73. The molecule has 0 amide bonds. The molecule has 0 aliphatic heterocycles. The first-order valence-electron chi connectivity index (χ1n) is 8.32. The normalized spacial score (nSPS) is 14.8. The van der Waals surface area contributed by atoms with E-state index in [1.165, 1.54) is 0 Å². The van der Waals surface area contributed by atoms with Gasteiger partial charge in [0.05, 0.1) is 13.2 Å². The first-order chi connectivity index (χ1) is 10.9. The molecule has 0 aliphatic rings. The summed E-state index contributed by atoms with van der Waals surface area (Å²) in [5.74, 6) is 0.919. The molecular weight excluding hydrogens is 294 g/mol. The molecule has 0 bridgehead atoms. The van der Waals surface area contributed by atoms with Crippen LogP contribution in [0, 0.1) is 5.92 Å². The van der Waals surface area contributed by atoms with Crippen LogP contribution in [0.3, 0.4) is 0 Å². The van der Waals surface area contributed by atoms with Crippen LogP contribution in [0.4, 0.5) is 0 Å². The average Bonchev–Trinajstić information content (AvgIpc) is 2.53. The van der Waals surface area contributed by atoms with Gasteiger partial charge in [0.15, 0.2) is 11.5 Å². The van der Waals surface area contributed by atoms with E-state index in [1.54, 1.807) is 0 Å². The second kappa shape index (κ2) is 9.40. The van der Waals surface area contributed by atoms with E-state index in [1.807, 2.05) is 32.0 Å². The van der Waals surface area contributed by atoms with Crippen molar-refractivity contribution in [3.63, 3.8) is 0 Å². The highest BCUT2D eigenvalue weighted by Gasteiger charge is 2.24. The van der Waals surface area contributed by atoms with Crippen molar-refractivity contribution in [3.8, 4) is 11.5 Å². The molecule has 0 saturated heterocycles. The smallest absolute Gasteiger partial charge is 0.320 e. The van der Waals surface area contributed by atoms with E-state index >= 15 is 0 Å². The third kappa shape index (κ3) is 5.43. The van der Waals surface area contributed by atoms with Crippen LogP contribution in [-0.4, -0.2) is 30.3 Å². The van der Waals surface area contributed by atoms with Crippen LogP contribution < -0.4 is 15.2 Å². The summed E-state index contributed by atoms with van der Waals surface area (Å²) < 4.78 is 11.3. The Bertz CT molecular complexity index is 504. The number of carbonyl (C=O) groups is 1. The fourth-order valence-corrected chi connectivity index (χ4v) is 2.77. The van der Waals surface area contributed by atoms with Crippen LogP contribution >= 0.6 is 0 Å². The Hall–Kier alpha value is -1.75. The summed E-state index contributed by atoms with van der Waals surface area (Å²) in [4.78, 5) is 11.0. The summed E-state index contributed by atoms with van der Waals surface area (Å²) in [6.45, 7) is 9.19. The molecule has 3 unspecified atom stereocenters. The lowest BCUT2D eigenvalue weighted by molar-refractivity contribution is -0.139. The van der Waals surface area contributed by atoms with Gasteiger partial charge < -0.3 is 20.3 Å². The van der Waals surface area contributed by atoms with Crippen molar-refractivity contribution in [3.05, 3.63) is 23.8 Å². The van der Waals surface area contributed by atoms with Gasteiger partial charge in [-0.1, -0.05) is 26.3 Å². The molecule has 3 atom stereocenters. The van der Waals surface area contributed by atoms with Crippen molar-refractivity contribution < 1.29 is 19.4 Å². The molecule has 0 heterocycles. The second-order valence-electron chi connectivity index (χ2n) is 5.71. The number of nitrogens with two attached hydrogens (primary N) is 1. The van der Waals surface area contributed by atoms with Gasteiger partial charge in [0.25, 0.3) is 0 Å². The second-order valence-corrected chi connectivity index (χ2v) is 5.71. The van der Waals surface area contributed by atoms with Gasteiger partial charge in [-0.3, -0.25) is 4.79 Å². The SMILES string of the molecule is CCOc1ccc(C(C)C(CC)CC(N)C(=O)O)cc1OCC. The molecule has 0 saturated carbocycles. The molecule has 0 radical (unpaired) electrons. The minimum absolute atomic E-state index is 0.195. The highest BCUT2D eigenvalue weighted by atomic mass is 16.5. The number of carboxylic acids is 1. The van der Waals surface area contributed by atoms with E-state index in [9.17, 15) is 4.79 Å². The van der Waals surface area contributed by atoms with Gasteiger partial charge in [-0.15, -0.1) is 0 Å². The largest absolute Gasteiger partial charge is 0.490 e. The molecule has 1 aromatic rings. The minimum atomic E-state index is -0.947. The lowest BCUT2D eigenvalue weighted by Crippen LogP contribution is -2.33. The summed E-state index contributed by atoms with van der Waals surface area (Å²) in [6, 6.07) is 5.11. The molecule has 23 heavy (non-hydrogen) atoms. The summed E-state index contributed by atoms with van der Waals surface area (Å²) in [5.41, 5.74) is 6.82. The maximum absolute atomic E-state index is 11.0. The molecular formula is C18H29NO4. The summed E-state index contributed by atoms with van der Waals surface area (Å²) in [5, 5.41) is 9.03. The Morgan fingerprint density at radius 1 is 1.17 bits per heavy atom. The van der Waals surface area contributed by atoms with E-state index in [0.717, 1.165) is 23.5 Å². The molecule has 0 aromatic heterocycles. The Morgan fingerprint density at radius 2 is 1.78 bits per heavy atom. The zero-order chi connectivity index (χ0) is 17.4. The first-order valence-corrected chi connectivity index (χ1v) is 8.32. The fraction of sp³-hybridized carbons (Fsp3) is 0.611. The molecule has 0 aliphatic carbocycles. The predicted molar refractivity (Wildman–Crippen MR) is 91.2 cm³/mol. The van der Waals surface area contributed by atoms with Crippen LogP contribution in [0.1, 0.15) is 52.0 Å². The van der Waals surface area contributed by atoms with Gasteiger partial charge >= 0.3 is 5.97 Å². The molecule has 0 spiro atoms. The van der Waals surface area contributed by atoms with Gasteiger partial charge in [0.1, 0.15) is 6.04 Å². The third-order valence-electron chi connectivity index (χ3n) is 4.20. The van der Waals surface area contributed by atoms with Crippen molar-refractivity contribution in [2.24, 2.45) is 11.7 Å². The highest BCUT2D eigenvalue weighted by Crippen LogP contribution is 2.36. The maximum atomic E-state index is 11.0. The van der Waals surface area contributed by atoms with Crippen molar-refractivity contribution >= 4 is 5.97 Å². The molecule has 3 N–H and O–H groups in total. The number of rotatable bonds is 10. The Morgan fingerprint density at radius 3 is 2.30 bits per heavy atom. The maximum Gasteiger partial charge on any atom is 0.320 e. The molecule has 1 aromatic carbocycles. The molecule has 0 fully saturated rings. The van der Waals surface area contributed by atoms with Crippen molar-refractivity contribution in [2.75, 3.05) is 13.2 Å². The zero-order valence-electron chi connectivity index (χ0n) is 14.5. The third-order valence-corrected chi connectivity index (χ3v) is 4.20. The Kier molecular flexibility index (Phi) is 7.89. The van der Waals surface area contributed by atoms with Crippen molar-refractivity contribution in [1.29, 1.82) is 0 Å². The molecule has 5 heteroatoms. The van der Waals surface area contributed by atoms with E-state index in [4.69, 9.17) is 20.3 Å².